The fourth-order valence-corrected chi connectivity index (χ4v) is 4.84. The quantitative estimate of drug-likeness (QED) is 0.324. The Morgan fingerprint density at radius 1 is 0.906 bits per heavy atom. The maximum absolute atomic E-state index is 11.1. The number of rotatable bonds is 10. The number of quaternary nitrogens is 1. The molecule has 0 bridgehead atoms. The van der Waals surface area contributed by atoms with Gasteiger partial charge in [-0.2, -0.15) is 5.23 Å². The predicted molar refractivity (Wildman–Crippen MR) is 129 cm³/mol. The van der Waals surface area contributed by atoms with Crippen LogP contribution in [0.15, 0.2) is 84.9 Å². The van der Waals surface area contributed by atoms with Gasteiger partial charge in [0.05, 0.1) is 8.15 Å². The van der Waals surface area contributed by atoms with E-state index in [4.69, 9.17) is 14.5 Å². The van der Waals surface area contributed by atoms with Gasteiger partial charge < -0.3 is 19.8 Å². The van der Waals surface area contributed by atoms with Crippen molar-refractivity contribution in [1.82, 2.24) is 5.32 Å². The Balaban J connectivity index is 1.78. The molecule has 0 spiro atoms. The Hall–Kier alpha value is -2.31. The summed E-state index contributed by atoms with van der Waals surface area (Å²) in [7, 11) is -1.03. The standard InChI is InChI=1S/C25H31N2O4P/c1-25(2,3)26-18-22(19-30-21-16-14-20(15-17-21)27(28)29)31-32(23-10-6-4-7-11-23)24-12-8-5-9-13-24/h4-17,22,26-28H,18-19H2,1-3H3. The molecule has 0 saturated heterocycles. The van der Waals surface area contributed by atoms with Crippen molar-refractivity contribution in [1.29, 1.82) is 0 Å². The third-order valence-corrected chi connectivity index (χ3v) is 6.68. The van der Waals surface area contributed by atoms with Gasteiger partial charge in [-0.1, -0.05) is 60.7 Å². The second kappa shape index (κ2) is 11.5. The Morgan fingerprint density at radius 3 is 1.91 bits per heavy atom. The Bertz CT molecular complexity index is 892. The lowest BCUT2D eigenvalue weighted by molar-refractivity contribution is -0.991. The van der Waals surface area contributed by atoms with Crippen LogP contribution in [0.1, 0.15) is 20.8 Å². The van der Waals surface area contributed by atoms with Gasteiger partial charge in [0.25, 0.3) is 0 Å². The van der Waals surface area contributed by atoms with E-state index < -0.39 is 13.4 Å². The summed E-state index contributed by atoms with van der Waals surface area (Å²) in [5, 5.41) is 25.0. The first-order valence-corrected chi connectivity index (χ1v) is 11.9. The molecule has 170 valence electrons. The minimum atomic E-state index is -1.03. The van der Waals surface area contributed by atoms with Crippen LogP contribution in [-0.2, 0) is 4.52 Å². The summed E-state index contributed by atoms with van der Waals surface area (Å²) in [4.78, 5) is 0. The van der Waals surface area contributed by atoms with Crippen LogP contribution >= 0.6 is 8.15 Å². The van der Waals surface area contributed by atoms with Gasteiger partial charge in [0.2, 0.25) is 0 Å². The Kier molecular flexibility index (Phi) is 8.76. The molecule has 0 aromatic heterocycles. The number of hydrogen-bond acceptors (Lipinski definition) is 5. The van der Waals surface area contributed by atoms with Gasteiger partial charge in [0.15, 0.2) is 5.69 Å². The molecule has 0 aliphatic heterocycles. The summed E-state index contributed by atoms with van der Waals surface area (Å²) in [6, 6.07) is 26.9. The highest BCUT2D eigenvalue weighted by Gasteiger charge is 2.23. The molecule has 6 nitrogen and oxygen atoms in total. The molecule has 0 aliphatic rings. The normalized spacial score (nSPS) is 13.7. The SMILES string of the molecule is CC(C)(C)NCC(COc1ccc([NH+]([O-])O)cc1)OP(c1ccccc1)c1ccccc1. The van der Waals surface area contributed by atoms with E-state index in [0.717, 1.165) is 10.6 Å². The summed E-state index contributed by atoms with van der Waals surface area (Å²) < 4.78 is 12.7. The van der Waals surface area contributed by atoms with Crippen LogP contribution in [-0.4, -0.2) is 30.0 Å². The number of ether oxygens (including phenoxy) is 1. The molecule has 7 heteroatoms. The molecule has 2 atom stereocenters. The van der Waals surface area contributed by atoms with Crippen molar-refractivity contribution in [3.63, 3.8) is 0 Å². The Morgan fingerprint density at radius 2 is 1.44 bits per heavy atom. The molecule has 0 saturated carbocycles. The molecule has 3 N–H and O–H groups in total. The first-order chi connectivity index (χ1) is 15.3. The summed E-state index contributed by atoms with van der Waals surface area (Å²) in [6.07, 6.45) is -0.208. The second-order valence-electron chi connectivity index (χ2n) is 8.46. The largest absolute Gasteiger partial charge is 0.595 e. The maximum Gasteiger partial charge on any atom is 0.164 e. The van der Waals surface area contributed by atoms with Crippen molar-refractivity contribution >= 4 is 24.4 Å². The zero-order valence-corrected chi connectivity index (χ0v) is 19.6. The second-order valence-corrected chi connectivity index (χ2v) is 10.3. The third kappa shape index (κ3) is 7.68. The highest BCUT2D eigenvalue weighted by molar-refractivity contribution is 7.68. The van der Waals surface area contributed by atoms with Crippen LogP contribution < -0.4 is 25.9 Å². The highest BCUT2D eigenvalue weighted by atomic mass is 31.1. The van der Waals surface area contributed by atoms with Crippen molar-refractivity contribution in [2.45, 2.75) is 32.4 Å². The molecule has 32 heavy (non-hydrogen) atoms. The average Bonchev–Trinajstić information content (AvgIpc) is 2.79. The number of nitrogens with one attached hydrogen (secondary N) is 2. The fraction of sp³-hybridized carbons (Fsp3) is 0.280. The number of hydrogen-bond donors (Lipinski definition) is 3. The van der Waals surface area contributed by atoms with Crippen LogP contribution in [0.4, 0.5) is 5.69 Å². The van der Waals surface area contributed by atoms with Crippen molar-refractivity contribution in [3.8, 4) is 5.75 Å². The monoisotopic (exact) mass is 454 g/mol. The average molecular weight is 455 g/mol. The van der Waals surface area contributed by atoms with E-state index >= 15 is 0 Å². The van der Waals surface area contributed by atoms with E-state index in [1.807, 2.05) is 36.4 Å². The van der Waals surface area contributed by atoms with Gasteiger partial charge in [0.1, 0.15) is 18.5 Å². The first kappa shape index (κ1) is 24.3. The summed E-state index contributed by atoms with van der Waals surface area (Å²) in [5.74, 6) is 0.614. The van der Waals surface area contributed by atoms with Crippen LogP contribution in [0.3, 0.4) is 0 Å². The summed E-state index contributed by atoms with van der Waals surface area (Å²) >= 11 is 0. The highest BCUT2D eigenvalue weighted by Crippen LogP contribution is 2.36. The van der Waals surface area contributed by atoms with Crippen molar-refractivity contribution < 1.29 is 19.7 Å². The molecule has 0 heterocycles. The topological polar surface area (TPSA) is 78.2 Å². The van der Waals surface area contributed by atoms with E-state index in [2.05, 4.69) is 50.4 Å². The minimum absolute atomic E-state index is 0.0625. The van der Waals surface area contributed by atoms with Gasteiger partial charge in [-0.15, -0.1) is 0 Å². The maximum atomic E-state index is 11.1. The van der Waals surface area contributed by atoms with E-state index in [9.17, 15) is 5.21 Å². The Labute approximate surface area is 191 Å². The lowest BCUT2D eigenvalue weighted by Gasteiger charge is -2.29. The van der Waals surface area contributed by atoms with E-state index in [1.165, 1.54) is 0 Å². The molecule has 0 fully saturated rings. The van der Waals surface area contributed by atoms with E-state index in [1.54, 1.807) is 24.3 Å². The molecule has 2 unspecified atom stereocenters. The molecule has 0 aliphatic carbocycles. The lowest BCUT2D eigenvalue weighted by atomic mass is 10.1. The molecule has 3 aromatic rings. The zero-order valence-electron chi connectivity index (χ0n) is 18.7. The molecule has 3 aromatic carbocycles. The van der Waals surface area contributed by atoms with Gasteiger partial charge in [-0.05, 0) is 32.9 Å². The predicted octanol–water partition coefficient (Wildman–Crippen LogP) is 3.29. The molecule has 0 radical (unpaired) electrons. The summed E-state index contributed by atoms with van der Waals surface area (Å²) in [6.45, 7) is 7.31. The third-order valence-electron chi connectivity index (χ3n) is 4.63. The van der Waals surface area contributed by atoms with Gasteiger partial charge >= 0.3 is 0 Å². The van der Waals surface area contributed by atoms with Crippen molar-refractivity contribution in [2.75, 3.05) is 13.2 Å². The van der Waals surface area contributed by atoms with Crippen molar-refractivity contribution in [3.05, 3.63) is 90.1 Å². The van der Waals surface area contributed by atoms with Crippen LogP contribution in [0, 0.1) is 5.21 Å². The fourth-order valence-electron chi connectivity index (χ4n) is 2.98. The summed E-state index contributed by atoms with van der Waals surface area (Å²) in [5.41, 5.74) is 0.170. The van der Waals surface area contributed by atoms with E-state index in [-0.39, 0.29) is 17.3 Å². The first-order valence-electron chi connectivity index (χ1n) is 10.6. The molecule has 0 amide bonds. The number of benzene rings is 3. The smallest absolute Gasteiger partial charge is 0.164 e. The van der Waals surface area contributed by atoms with Gasteiger partial charge in [-0.3, -0.25) is 0 Å². The molecule has 3 rings (SSSR count). The van der Waals surface area contributed by atoms with Gasteiger partial charge in [0, 0.05) is 34.8 Å². The lowest BCUT2D eigenvalue weighted by Crippen LogP contribution is -2.99. The van der Waals surface area contributed by atoms with E-state index in [0.29, 0.717) is 18.9 Å². The molecular weight excluding hydrogens is 423 g/mol. The van der Waals surface area contributed by atoms with Crippen LogP contribution in [0.25, 0.3) is 0 Å². The zero-order chi connectivity index (χ0) is 23.0. The van der Waals surface area contributed by atoms with Gasteiger partial charge in [-0.25, -0.2) is 5.21 Å². The minimum Gasteiger partial charge on any atom is -0.595 e. The van der Waals surface area contributed by atoms with Crippen LogP contribution in [0.5, 0.6) is 5.75 Å². The van der Waals surface area contributed by atoms with Crippen molar-refractivity contribution in [2.24, 2.45) is 0 Å². The molecular formula is C25H31N2O4P. The van der Waals surface area contributed by atoms with Crippen LogP contribution in [0.2, 0.25) is 0 Å².